The Bertz CT molecular complexity index is 751. The molecule has 4 saturated carbocycles. The van der Waals surface area contributed by atoms with Crippen molar-refractivity contribution in [2.45, 2.75) is 57.6 Å². The summed E-state index contributed by atoms with van der Waals surface area (Å²) < 4.78 is 19.5. The minimum absolute atomic E-state index is 0.0225. The average Bonchev–Trinajstić information content (AvgIpc) is 2.51. The molecule has 0 aromatic heterocycles. The smallest absolute Gasteiger partial charge is 0.312 e. The Balaban J connectivity index is 1.51. The van der Waals surface area contributed by atoms with Gasteiger partial charge in [-0.05, 0) is 62.5 Å². The Kier molecular flexibility index (Phi) is 4.37. The Hall–Kier alpha value is -1.43. The second-order valence-corrected chi connectivity index (χ2v) is 9.37. The molecule has 0 spiro atoms. The fourth-order valence-corrected chi connectivity index (χ4v) is 6.42. The summed E-state index contributed by atoms with van der Waals surface area (Å²) in [5.41, 5.74) is 0.0193. The van der Waals surface area contributed by atoms with Gasteiger partial charge in [-0.2, -0.15) is 0 Å². The number of esters is 1. The lowest BCUT2D eigenvalue weighted by atomic mass is 9.47. The predicted molar refractivity (Wildman–Crippen MR) is 97.6 cm³/mol. The molecule has 1 aromatic carbocycles. The summed E-state index contributed by atoms with van der Waals surface area (Å²) in [4.78, 5) is 24.8. The van der Waals surface area contributed by atoms with Crippen molar-refractivity contribution in [1.82, 2.24) is 5.32 Å². The zero-order valence-corrected chi connectivity index (χ0v) is 16.4. The Morgan fingerprint density at radius 3 is 2.58 bits per heavy atom. The molecule has 4 bridgehead atoms. The van der Waals surface area contributed by atoms with Gasteiger partial charge in [0.2, 0.25) is 5.91 Å². The zero-order valence-electron chi connectivity index (χ0n) is 14.8. The van der Waals surface area contributed by atoms with Gasteiger partial charge < -0.3 is 10.1 Å². The van der Waals surface area contributed by atoms with Gasteiger partial charge in [0.25, 0.3) is 0 Å². The topological polar surface area (TPSA) is 55.4 Å². The van der Waals surface area contributed by atoms with Crippen molar-refractivity contribution < 1.29 is 18.7 Å². The molecule has 0 radical (unpaired) electrons. The standard InChI is InChI=1S/C20H23BrFNO3/c1-12(24)23-20-8-13-4-14(9-20)7-19(6-13,11-20)18(25)26-10-15-2-3-16(22)5-17(15)21/h2-3,5,13-14H,4,6-11H2,1H3,(H,23,24). The number of nitrogens with one attached hydrogen (secondary N) is 1. The molecule has 0 aliphatic heterocycles. The fourth-order valence-electron chi connectivity index (χ4n) is 5.96. The maximum absolute atomic E-state index is 13.2. The molecule has 140 valence electrons. The van der Waals surface area contributed by atoms with Crippen molar-refractivity contribution >= 4 is 27.8 Å². The SMILES string of the molecule is CC(=O)NC12CC3CC(C1)CC(C(=O)OCc1ccc(F)cc1Br)(C3)C2. The highest BCUT2D eigenvalue weighted by molar-refractivity contribution is 9.10. The Morgan fingerprint density at radius 1 is 1.27 bits per heavy atom. The van der Waals surface area contributed by atoms with Crippen LogP contribution in [0, 0.1) is 23.1 Å². The van der Waals surface area contributed by atoms with Crippen LogP contribution in [-0.4, -0.2) is 17.4 Å². The van der Waals surface area contributed by atoms with Crippen LogP contribution >= 0.6 is 15.9 Å². The highest BCUT2D eigenvalue weighted by Gasteiger charge is 2.61. The van der Waals surface area contributed by atoms with Crippen LogP contribution in [0.3, 0.4) is 0 Å². The van der Waals surface area contributed by atoms with Gasteiger partial charge in [0.15, 0.2) is 0 Å². The van der Waals surface area contributed by atoms with Crippen LogP contribution < -0.4 is 5.32 Å². The lowest BCUT2D eigenvalue weighted by molar-refractivity contribution is -0.177. The van der Waals surface area contributed by atoms with Crippen LogP contribution in [0.5, 0.6) is 0 Å². The molecule has 0 heterocycles. The van der Waals surface area contributed by atoms with Crippen molar-refractivity contribution in [2.75, 3.05) is 0 Å². The van der Waals surface area contributed by atoms with Crippen LogP contribution in [0.25, 0.3) is 0 Å². The first-order valence-electron chi connectivity index (χ1n) is 9.19. The molecule has 4 aliphatic rings. The molecule has 5 rings (SSSR count). The summed E-state index contributed by atoms with van der Waals surface area (Å²) in [5, 5.41) is 3.16. The molecular formula is C20H23BrFNO3. The maximum Gasteiger partial charge on any atom is 0.312 e. The molecule has 4 fully saturated rings. The van der Waals surface area contributed by atoms with Gasteiger partial charge in [-0.15, -0.1) is 0 Å². The van der Waals surface area contributed by atoms with Crippen molar-refractivity contribution in [3.8, 4) is 0 Å². The summed E-state index contributed by atoms with van der Waals surface area (Å²) in [7, 11) is 0. The molecule has 1 N–H and O–H groups in total. The lowest BCUT2D eigenvalue weighted by Crippen LogP contribution is -2.64. The van der Waals surface area contributed by atoms with Crippen LogP contribution in [0.4, 0.5) is 4.39 Å². The number of halogens is 2. The highest BCUT2D eigenvalue weighted by atomic mass is 79.9. The summed E-state index contributed by atoms with van der Waals surface area (Å²) >= 11 is 3.32. The Labute approximate surface area is 161 Å². The maximum atomic E-state index is 13.2. The van der Waals surface area contributed by atoms with Crippen LogP contribution in [0.1, 0.15) is 51.0 Å². The fraction of sp³-hybridized carbons (Fsp3) is 0.600. The molecule has 2 unspecified atom stereocenters. The van der Waals surface area contributed by atoms with E-state index >= 15 is 0 Å². The molecule has 26 heavy (non-hydrogen) atoms. The summed E-state index contributed by atoms with van der Waals surface area (Å²) in [5.74, 6) is 0.440. The number of carbonyl (C=O) groups excluding carboxylic acids is 2. The summed E-state index contributed by atoms with van der Waals surface area (Å²) in [6, 6.07) is 4.37. The lowest BCUT2D eigenvalue weighted by Gasteiger charge is -2.60. The van der Waals surface area contributed by atoms with Gasteiger partial charge in [0, 0.05) is 22.5 Å². The first-order valence-corrected chi connectivity index (χ1v) is 9.98. The third-order valence-corrected chi connectivity index (χ3v) is 7.05. The van der Waals surface area contributed by atoms with E-state index in [9.17, 15) is 14.0 Å². The number of amides is 1. The van der Waals surface area contributed by atoms with Gasteiger partial charge in [-0.1, -0.05) is 22.0 Å². The largest absolute Gasteiger partial charge is 0.460 e. The van der Waals surface area contributed by atoms with Crippen molar-refractivity contribution in [1.29, 1.82) is 0 Å². The predicted octanol–water partition coefficient (Wildman–Crippen LogP) is 4.11. The van der Waals surface area contributed by atoms with E-state index in [0.29, 0.717) is 22.7 Å². The monoisotopic (exact) mass is 423 g/mol. The molecule has 1 aromatic rings. The van der Waals surface area contributed by atoms with E-state index in [1.54, 1.807) is 13.0 Å². The minimum atomic E-state index is -0.487. The molecule has 0 saturated heterocycles. The van der Waals surface area contributed by atoms with Gasteiger partial charge in [-0.25, -0.2) is 4.39 Å². The normalized spacial score (nSPS) is 34.6. The zero-order chi connectivity index (χ0) is 18.5. The first-order chi connectivity index (χ1) is 12.3. The van der Waals surface area contributed by atoms with E-state index < -0.39 is 5.41 Å². The van der Waals surface area contributed by atoms with E-state index in [-0.39, 0.29) is 29.8 Å². The molecule has 4 aliphatic carbocycles. The number of hydrogen-bond donors (Lipinski definition) is 1. The molecule has 4 nitrogen and oxygen atoms in total. The van der Waals surface area contributed by atoms with E-state index in [4.69, 9.17) is 4.74 Å². The van der Waals surface area contributed by atoms with Gasteiger partial charge in [-0.3, -0.25) is 9.59 Å². The van der Waals surface area contributed by atoms with Gasteiger partial charge in [0.05, 0.1) is 5.41 Å². The molecule has 1 amide bonds. The van der Waals surface area contributed by atoms with Gasteiger partial charge in [0.1, 0.15) is 12.4 Å². The number of ether oxygens (including phenoxy) is 1. The second kappa shape index (κ2) is 6.32. The van der Waals surface area contributed by atoms with E-state index in [1.807, 2.05) is 0 Å². The van der Waals surface area contributed by atoms with Crippen LogP contribution in [0.15, 0.2) is 22.7 Å². The van der Waals surface area contributed by atoms with Crippen LogP contribution in [-0.2, 0) is 20.9 Å². The number of hydrogen-bond acceptors (Lipinski definition) is 3. The second-order valence-electron chi connectivity index (χ2n) is 8.51. The van der Waals surface area contributed by atoms with E-state index in [2.05, 4.69) is 21.2 Å². The summed E-state index contributed by atoms with van der Waals surface area (Å²) in [6.07, 6.45) is 5.49. The number of benzene rings is 1. The first kappa shape index (κ1) is 18.0. The summed E-state index contributed by atoms with van der Waals surface area (Å²) in [6.45, 7) is 1.68. The van der Waals surface area contributed by atoms with Crippen molar-refractivity contribution in [3.63, 3.8) is 0 Å². The molecular weight excluding hydrogens is 401 g/mol. The van der Waals surface area contributed by atoms with Gasteiger partial charge >= 0.3 is 5.97 Å². The Morgan fingerprint density at radius 2 is 1.96 bits per heavy atom. The number of carbonyl (C=O) groups is 2. The molecule has 6 heteroatoms. The quantitative estimate of drug-likeness (QED) is 0.741. The number of rotatable bonds is 4. The average molecular weight is 424 g/mol. The van der Waals surface area contributed by atoms with Crippen molar-refractivity contribution in [3.05, 3.63) is 34.1 Å². The van der Waals surface area contributed by atoms with Crippen molar-refractivity contribution in [2.24, 2.45) is 17.3 Å². The third-order valence-electron chi connectivity index (χ3n) is 6.31. The van der Waals surface area contributed by atoms with E-state index in [1.165, 1.54) is 12.1 Å². The van der Waals surface area contributed by atoms with Crippen LogP contribution in [0.2, 0.25) is 0 Å². The van der Waals surface area contributed by atoms with E-state index in [0.717, 1.165) is 37.7 Å². The minimum Gasteiger partial charge on any atom is -0.460 e. The molecule has 2 atom stereocenters. The highest BCUT2D eigenvalue weighted by Crippen LogP contribution is 2.62. The third kappa shape index (κ3) is 3.17.